The van der Waals surface area contributed by atoms with Crippen molar-refractivity contribution in [1.29, 1.82) is 0 Å². The van der Waals surface area contributed by atoms with Gasteiger partial charge in [-0.2, -0.15) is 0 Å². The Hall–Kier alpha value is -2.25. The lowest BCUT2D eigenvalue weighted by Gasteiger charge is -2.30. The maximum absolute atomic E-state index is 13.1. The van der Waals surface area contributed by atoms with Crippen LogP contribution in [0.25, 0.3) is 0 Å². The van der Waals surface area contributed by atoms with E-state index >= 15 is 0 Å². The summed E-state index contributed by atoms with van der Waals surface area (Å²) in [5.41, 5.74) is 2.67. The summed E-state index contributed by atoms with van der Waals surface area (Å²) in [4.78, 5) is 38.3. The molecule has 2 fully saturated rings. The molecule has 0 saturated carbocycles. The molecule has 28 heavy (non-hydrogen) atoms. The molecule has 3 aliphatic heterocycles. The topological polar surface area (TPSA) is 90.5 Å². The Kier molecular flexibility index (Phi) is 5.46. The minimum absolute atomic E-state index is 0.0999. The van der Waals surface area contributed by atoms with Crippen LogP contribution in [0.15, 0.2) is 18.2 Å². The van der Waals surface area contributed by atoms with E-state index in [0.717, 1.165) is 36.3 Å². The third kappa shape index (κ3) is 3.69. The van der Waals surface area contributed by atoms with Gasteiger partial charge >= 0.3 is 0 Å². The third-order valence-electron chi connectivity index (χ3n) is 6.32. The van der Waals surface area contributed by atoms with Gasteiger partial charge < -0.3 is 15.5 Å². The highest BCUT2D eigenvalue weighted by atomic mass is 16.2. The zero-order valence-electron chi connectivity index (χ0n) is 16.3. The number of carbonyl (C=O) groups excluding carboxylic acids is 3. The van der Waals surface area contributed by atoms with E-state index in [1.54, 1.807) is 4.90 Å². The molecule has 7 nitrogen and oxygen atoms in total. The molecule has 0 bridgehead atoms. The SMILES string of the molecule is CC1CNCCC1CNCc1cccc2c1C(=O)N(C1CCC(=O)NC1=O)C2. The number of hydrogen-bond donors (Lipinski definition) is 3. The van der Waals surface area contributed by atoms with Gasteiger partial charge in [0.15, 0.2) is 0 Å². The molecule has 7 heteroatoms. The maximum atomic E-state index is 13.1. The molecular formula is C21H28N4O3. The van der Waals surface area contributed by atoms with E-state index in [9.17, 15) is 14.4 Å². The fourth-order valence-electron chi connectivity index (χ4n) is 4.60. The number of amides is 3. The van der Waals surface area contributed by atoms with Crippen LogP contribution in [0, 0.1) is 11.8 Å². The first kappa shape index (κ1) is 19.1. The van der Waals surface area contributed by atoms with Gasteiger partial charge in [0.05, 0.1) is 0 Å². The molecule has 3 unspecified atom stereocenters. The van der Waals surface area contributed by atoms with Crippen LogP contribution in [0.4, 0.5) is 0 Å². The predicted molar refractivity (Wildman–Crippen MR) is 104 cm³/mol. The van der Waals surface area contributed by atoms with Gasteiger partial charge in [0.2, 0.25) is 11.8 Å². The van der Waals surface area contributed by atoms with E-state index in [1.165, 1.54) is 6.42 Å². The van der Waals surface area contributed by atoms with Gasteiger partial charge in [-0.15, -0.1) is 0 Å². The fraction of sp³-hybridized carbons (Fsp3) is 0.571. The van der Waals surface area contributed by atoms with Gasteiger partial charge in [0, 0.05) is 25.1 Å². The Morgan fingerprint density at radius 3 is 2.86 bits per heavy atom. The molecular weight excluding hydrogens is 356 g/mol. The van der Waals surface area contributed by atoms with Crippen LogP contribution < -0.4 is 16.0 Å². The lowest BCUT2D eigenvalue weighted by atomic mass is 9.88. The Morgan fingerprint density at radius 2 is 2.07 bits per heavy atom. The van der Waals surface area contributed by atoms with Gasteiger partial charge in [0.1, 0.15) is 6.04 Å². The van der Waals surface area contributed by atoms with Crippen LogP contribution in [-0.2, 0) is 22.7 Å². The zero-order chi connectivity index (χ0) is 19.7. The molecule has 1 aromatic carbocycles. The number of carbonyl (C=O) groups is 3. The molecule has 3 N–H and O–H groups in total. The van der Waals surface area contributed by atoms with Crippen LogP contribution in [0.3, 0.4) is 0 Å². The maximum Gasteiger partial charge on any atom is 0.255 e. The van der Waals surface area contributed by atoms with Crippen molar-refractivity contribution in [2.24, 2.45) is 11.8 Å². The van der Waals surface area contributed by atoms with Crippen molar-refractivity contribution in [3.05, 3.63) is 34.9 Å². The van der Waals surface area contributed by atoms with Gasteiger partial charge in [0.25, 0.3) is 5.91 Å². The molecule has 1 aromatic rings. The van der Waals surface area contributed by atoms with Gasteiger partial charge in [-0.3, -0.25) is 19.7 Å². The standard InChI is InChI=1S/C21H28N4O3/c1-13-9-22-8-7-14(13)10-23-11-15-3-2-4-16-12-25(21(28)19(15)16)17-5-6-18(26)24-20(17)27/h2-4,13-14,17,22-23H,5-12H2,1H3,(H,24,26,27). The lowest BCUT2D eigenvalue weighted by molar-refractivity contribution is -0.136. The Balaban J connectivity index is 1.43. The summed E-state index contributed by atoms with van der Waals surface area (Å²) in [6.45, 7) is 6.43. The Bertz CT molecular complexity index is 794. The summed E-state index contributed by atoms with van der Waals surface area (Å²) in [6.07, 6.45) is 1.84. The molecule has 3 aliphatic rings. The van der Waals surface area contributed by atoms with E-state index in [0.29, 0.717) is 31.3 Å². The smallest absolute Gasteiger partial charge is 0.255 e. The van der Waals surface area contributed by atoms with Gasteiger partial charge in [-0.1, -0.05) is 25.1 Å². The number of imide groups is 1. The minimum Gasteiger partial charge on any atom is -0.322 e. The minimum atomic E-state index is -0.561. The molecule has 0 spiro atoms. The highest BCUT2D eigenvalue weighted by Gasteiger charge is 2.39. The first-order valence-corrected chi connectivity index (χ1v) is 10.2. The number of nitrogens with one attached hydrogen (secondary N) is 3. The van der Waals surface area contributed by atoms with Crippen LogP contribution in [-0.4, -0.2) is 48.3 Å². The predicted octanol–water partition coefficient (Wildman–Crippen LogP) is 0.783. The lowest BCUT2D eigenvalue weighted by Crippen LogP contribution is -2.52. The summed E-state index contributed by atoms with van der Waals surface area (Å²) < 4.78 is 0. The van der Waals surface area contributed by atoms with Crippen LogP contribution in [0.2, 0.25) is 0 Å². The number of rotatable bonds is 5. The van der Waals surface area contributed by atoms with Gasteiger partial charge in [-0.05, 0) is 55.4 Å². The van der Waals surface area contributed by atoms with Crippen molar-refractivity contribution in [3.63, 3.8) is 0 Å². The van der Waals surface area contributed by atoms with Crippen molar-refractivity contribution in [1.82, 2.24) is 20.9 Å². The first-order valence-electron chi connectivity index (χ1n) is 10.2. The van der Waals surface area contributed by atoms with Crippen molar-refractivity contribution in [2.45, 2.75) is 45.3 Å². The molecule has 0 aromatic heterocycles. The summed E-state index contributed by atoms with van der Waals surface area (Å²) in [7, 11) is 0. The summed E-state index contributed by atoms with van der Waals surface area (Å²) in [6, 6.07) is 5.36. The van der Waals surface area contributed by atoms with E-state index < -0.39 is 6.04 Å². The molecule has 0 radical (unpaired) electrons. The second-order valence-electron chi connectivity index (χ2n) is 8.21. The number of fused-ring (bicyclic) bond motifs is 1. The van der Waals surface area contributed by atoms with E-state index in [-0.39, 0.29) is 24.1 Å². The average molecular weight is 384 g/mol. The molecule has 2 saturated heterocycles. The van der Waals surface area contributed by atoms with Crippen LogP contribution in [0.5, 0.6) is 0 Å². The number of hydrogen-bond acceptors (Lipinski definition) is 5. The highest BCUT2D eigenvalue weighted by Crippen LogP contribution is 2.30. The molecule has 4 rings (SSSR count). The van der Waals surface area contributed by atoms with Crippen molar-refractivity contribution < 1.29 is 14.4 Å². The fourth-order valence-corrected chi connectivity index (χ4v) is 4.60. The highest BCUT2D eigenvalue weighted by molar-refractivity contribution is 6.05. The number of benzene rings is 1. The third-order valence-corrected chi connectivity index (χ3v) is 6.32. The number of nitrogens with zero attached hydrogens (tertiary/aromatic N) is 1. The molecule has 0 aliphatic carbocycles. The Labute approximate surface area is 165 Å². The van der Waals surface area contributed by atoms with Crippen molar-refractivity contribution in [3.8, 4) is 0 Å². The molecule has 3 atom stereocenters. The second-order valence-corrected chi connectivity index (χ2v) is 8.21. The van der Waals surface area contributed by atoms with Crippen molar-refractivity contribution >= 4 is 17.7 Å². The van der Waals surface area contributed by atoms with E-state index in [1.807, 2.05) is 18.2 Å². The molecule has 3 amide bonds. The van der Waals surface area contributed by atoms with Crippen molar-refractivity contribution in [2.75, 3.05) is 19.6 Å². The normalized spacial score (nSPS) is 27.7. The molecule has 150 valence electrons. The second kappa shape index (κ2) is 8.01. The van der Waals surface area contributed by atoms with E-state index in [4.69, 9.17) is 0 Å². The first-order chi connectivity index (χ1) is 13.5. The van der Waals surface area contributed by atoms with E-state index in [2.05, 4.69) is 22.9 Å². The Morgan fingerprint density at radius 1 is 1.21 bits per heavy atom. The van der Waals surface area contributed by atoms with Crippen LogP contribution >= 0.6 is 0 Å². The summed E-state index contributed by atoms with van der Waals surface area (Å²) in [5, 5.41) is 9.32. The zero-order valence-corrected chi connectivity index (χ0v) is 16.3. The monoisotopic (exact) mass is 384 g/mol. The largest absolute Gasteiger partial charge is 0.322 e. The summed E-state index contributed by atoms with van der Waals surface area (Å²) >= 11 is 0. The summed E-state index contributed by atoms with van der Waals surface area (Å²) in [5.74, 6) is 0.567. The quantitative estimate of drug-likeness (QED) is 0.653. The van der Waals surface area contributed by atoms with Gasteiger partial charge in [-0.25, -0.2) is 0 Å². The number of piperidine rings is 2. The molecule has 3 heterocycles. The average Bonchev–Trinajstić information content (AvgIpc) is 3.01. The van der Waals surface area contributed by atoms with Crippen LogP contribution in [0.1, 0.15) is 47.7 Å².